The Bertz CT molecular complexity index is 1100. The third-order valence-corrected chi connectivity index (χ3v) is 6.94. The number of likely N-dealkylation sites (tertiary alicyclic amines) is 2. The lowest BCUT2D eigenvalue weighted by Gasteiger charge is -2.33. The van der Waals surface area contributed by atoms with Crippen molar-refractivity contribution in [2.45, 2.75) is 38.1 Å². The van der Waals surface area contributed by atoms with Crippen LogP contribution >= 0.6 is 0 Å². The minimum Gasteiger partial charge on any atom is -0.496 e. The standard InChI is InChI=1S/C27H31N3O2/c1-32-25-11-5-3-9-22(25)19-29-16-12-20(13-17-29)26-23(27(31)30-14-6-7-15-30)18-21-8-2-4-10-24(21)28-26/h2-5,8-11,18,20H,6-7,12-17,19H2,1H3. The van der Waals surface area contributed by atoms with Gasteiger partial charge in [-0.25, -0.2) is 0 Å². The van der Waals surface area contributed by atoms with Gasteiger partial charge in [0.1, 0.15) is 5.75 Å². The van der Waals surface area contributed by atoms with Gasteiger partial charge in [0, 0.05) is 36.5 Å². The average molecular weight is 430 g/mol. The van der Waals surface area contributed by atoms with E-state index in [2.05, 4.69) is 35.2 Å². The van der Waals surface area contributed by atoms with Gasteiger partial charge in [-0.15, -0.1) is 0 Å². The Morgan fingerprint density at radius 1 is 1.00 bits per heavy atom. The van der Waals surface area contributed by atoms with Gasteiger partial charge in [0.05, 0.1) is 23.9 Å². The van der Waals surface area contributed by atoms with Crippen LogP contribution < -0.4 is 4.74 Å². The maximum absolute atomic E-state index is 13.4. The zero-order valence-corrected chi connectivity index (χ0v) is 18.8. The molecular formula is C27H31N3O2. The van der Waals surface area contributed by atoms with Gasteiger partial charge >= 0.3 is 0 Å². The number of hydrogen-bond donors (Lipinski definition) is 0. The van der Waals surface area contributed by atoms with Crippen LogP contribution in [0.5, 0.6) is 5.75 Å². The molecule has 0 N–H and O–H groups in total. The van der Waals surface area contributed by atoms with E-state index in [9.17, 15) is 4.79 Å². The van der Waals surface area contributed by atoms with Crippen LogP contribution in [0.25, 0.3) is 10.9 Å². The molecule has 2 fully saturated rings. The number of hydrogen-bond acceptors (Lipinski definition) is 4. The van der Waals surface area contributed by atoms with E-state index in [0.717, 1.165) is 86.3 Å². The van der Waals surface area contributed by atoms with Crippen LogP contribution in [0.4, 0.5) is 0 Å². The Labute approximate surface area is 190 Å². The predicted molar refractivity (Wildman–Crippen MR) is 127 cm³/mol. The lowest BCUT2D eigenvalue weighted by Crippen LogP contribution is -2.34. The second-order valence-electron chi connectivity index (χ2n) is 8.98. The number of amides is 1. The Kier molecular flexibility index (Phi) is 6.08. The molecule has 0 unspecified atom stereocenters. The summed E-state index contributed by atoms with van der Waals surface area (Å²) in [6.07, 6.45) is 4.23. The molecule has 166 valence electrons. The van der Waals surface area contributed by atoms with Crippen LogP contribution in [0.3, 0.4) is 0 Å². The lowest BCUT2D eigenvalue weighted by atomic mass is 9.89. The molecule has 5 heteroatoms. The second kappa shape index (κ2) is 9.29. The lowest BCUT2D eigenvalue weighted by molar-refractivity contribution is 0.0789. The predicted octanol–water partition coefficient (Wildman–Crippen LogP) is 4.86. The number of carbonyl (C=O) groups is 1. The highest BCUT2D eigenvalue weighted by molar-refractivity contribution is 5.99. The number of rotatable bonds is 5. The molecule has 0 bridgehead atoms. The molecule has 32 heavy (non-hydrogen) atoms. The van der Waals surface area contributed by atoms with Crippen molar-refractivity contribution in [2.24, 2.45) is 0 Å². The summed E-state index contributed by atoms with van der Waals surface area (Å²) in [5.74, 6) is 1.42. The molecule has 2 aliphatic heterocycles. The van der Waals surface area contributed by atoms with E-state index in [-0.39, 0.29) is 5.91 Å². The minimum absolute atomic E-state index is 0.159. The van der Waals surface area contributed by atoms with Gasteiger partial charge in [0.25, 0.3) is 5.91 Å². The SMILES string of the molecule is COc1ccccc1CN1CCC(c2nc3ccccc3cc2C(=O)N2CCCC2)CC1. The van der Waals surface area contributed by atoms with Gasteiger partial charge < -0.3 is 9.64 Å². The number of pyridine rings is 1. The monoisotopic (exact) mass is 429 g/mol. The first-order chi connectivity index (χ1) is 15.7. The van der Waals surface area contributed by atoms with Crippen LogP contribution in [0.1, 0.15) is 53.2 Å². The van der Waals surface area contributed by atoms with E-state index >= 15 is 0 Å². The Hall–Kier alpha value is -2.92. The third kappa shape index (κ3) is 4.22. The molecule has 0 saturated carbocycles. The van der Waals surface area contributed by atoms with E-state index in [1.54, 1.807) is 7.11 Å². The van der Waals surface area contributed by atoms with Crippen LogP contribution in [0.15, 0.2) is 54.6 Å². The second-order valence-corrected chi connectivity index (χ2v) is 8.98. The van der Waals surface area contributed by atoms with Crippen molar-refractivity contribution in [3.63, 3.8) is 0 Å². The molecule has 3 heterocycles. The van der Waals surface area contributed by atoms with Crippen molar-refractivity contribution >= 4 is 16.8 Å². The molecule has 1 amide bonds. The third-order valence-electron chi connectivity index (χ3n) is 6.94. The van der Waals surface area contributed by atoms with Gasteiger partial charge in [-0.3, -0.25) is 14.7 Å². The Morgan fingerprint density at radius 3 is 2.50 bits per heavy atom. The van der Waals surface area contributed by atoms with Crippen molar-refractivity contribution < 1.29 is 9.53 Å². The first-order valence-electron chi connectivity index (χ1n) is 11.8. The topological polar surface area (TPSA) is 45.7 Å². The Morgan fingerprint density at radius 2 is 1.72 bits per heavy atom. The fourth-order valence-electron chi connectivity index (χ4n) is 5.14. The maximum atomic E-state index is 13.4. The number of nitrogens with zero attached hydrogens (tertiary/aromatic N) is 3. The number of para-hydroxylation sites is 2. The van der Waals surface area contributed by atoms with Gasteiger partial charge in [-0.1, -0.05) is 36.4 Å². The summed E-state index contributed by atoms with van der Waals surface area (Å²) >= 11 is 0. The highest BCUT2D eigenvalue weighted by Gasteiger charge is 2.29. The average Bonchev–Trinajstić information content (AvgIpc) is 3.39. The quantitative estimate of drug-likeness (QED) is 0.581. The molecule has 2 saturated heterocycles. The molecular weight excluding hydrogens is 398 g/mol. The van der Waals surface area contributed by atoms with Gasteiger partial charge in [-0.05, 0) is 57.0 Å². The number of carbonyl (C=O) groups excluding carboxylic acids is 1. The molecule has 0 atom stereocenters. The first-order valence-corrected chi connectivity index (χ1v) is 11.8. The van der Waals surface area contributed by atoms with E-state index in [0.29, 0.717) is 5.92 Å². The molecule has 3 aromatic rings. The summed E-state index contributed by atoms with van der Waals surface area (Å²) in [5, 5.41) is 1.05. The fourth-order valence-corrected chi connectivity index (χ4v) is 5.14. The van der Waals surface area contributed by atoms with Crippen LogP contribution in [0.2, 0.25) is 0 Å². The summed E-state index contributed by atoms with van der Waals surface area (Å²) in [5.41, 5.74) is 4.02. The van der Waals surface area contributed by atoms with Crippen molar-refractivity contribution in [1.82, 2.24) is 14.8 Å². The van der Waals surface area contributed by atoms with E-state index in [1.165, 1.54) is 5.56 Å². The van der Waals surface area contributed by atoms with Gasteiger partial charge in [-0.2, -0.15) is 0 Å². The van der Waals surface area contributed by atoms with E-state index in [4.69, 9.17) is 9.72 Å². The summed E-state index contributed by atoms with van der Waals surface area (Å²) in [4.78, 5) is 22.9. The number of methoxy groups -OCH3 is 1. The van der Waals surface area contributed by atoms with Crippen molar-refractivity contribution in [2.75, 3.05) is 33.3 Å². The first kappa shape index (κ1) is 21.0. The molecule has 0 spiro atoms. The van der Waals surface area contributed by atoms with Crippen molar-refractivity contribution in [3.05, 3.63) is 71.4 Å². The summed E-state index contributed by atoms with van der Waals surface area (Å²) in [7, 11) is 1.73. The fraction of sp³-hybridized carbons (Fsp3) is 0.407. The van der Waals surface area contributed by atoms with E-state index in [1.807, 2.05) is 29.2 Å². The smallest absolute Gasteiger partial charge is 0.255 e. The summed E-state index contributed by atoms with van der Waals surface area (Å²) in [6.45, 7) is 4.61. The molecule has 5 rings (SSSR count). The van der Waals surface area contributed by atoms with Crippen LogP contribution in [-0.4, -0.2) is 54.0 Å². The molecule has 0 radical (unpaired) electrons. The van der Waals surface area contributed by atoms with Crippen molar-refractivity contribution in [3.8, 4) is 5.75 Å². The number of piperidine rings is 1. The molecule has 0 aliphatic carbocycles. The van der Waals surface area contributed by atoms with Gasteiger partial charge in [0.15, 0.2) is 0 Å². The highest BCUT2D eigenvalue weighted by atomic mass is 16.5. The van der Waals surface area contributed by atoms with Crippen molar-refractivity contribution in [1.29, 1.82) is 0 Å². The van der Waals surface area contributed by atoms with E-state index < -0.39 is 0 Å². The maximum Gasteiger partial charge on any atom is 0.255 e. The molecule has 5 nitrogen and oxygen atoms in total. The minimum atomic E-state index is 0.159. The van der Waals surface area contributed by atoms with Gasteiger partial charge in [0.2, 0.25) is 0 Å². The number of ether oxygens (including phenoxy) is 1. The Balaban J connectivity index is 1.37. The van der Waals surface area contributed by atoms with Crippen LogP contribution in [0, 0.1) is 0 Å². The van der Waals surface area contributed by atoms with Crippen LogP contribution in [-0.2, 0) is 6.54 Å². The number of aromatic nitrogens is 1. The number of benzene rings is 2. The zero-order valence-electron chi connectivity index (χ0n) is 18.8. The summed E-state index contributed by atoms with van der Waals surface area (Å²) < 4.78 is 5.53. The largest absolute Gasteiger partial charge is 0.496 e. The summed E-state index contributed by atoms with van der Waals surface area (Å²) in [6, 6.07) is 18.5. The normalized spacial score (nSPS) is 17.7. The highest BCUT2D eigenvalue weighted by Crippen LogP contribution is 2.33. The molecule has 2 aliphatic rings. The zero-order chi connectivity index (χ0) is 21.9. The molecule has 2 aromatic carbocycles. The molecule has 1 aromatic heterocycles. The number of fused-ring (bicyclic) bond motifs is 1.